The van der Waals surface area contributed by atoms with Crippen LogP contribution in [0.15, 0.2) is 18.2 Å². The van der Waals surface area contributed by atoms with Gasteiger partial charge >= 0.3 is 0 Å². The van der Waals surface area contributed by atoms with Gasteiger partial charge < -0.3 is 14.8 Å². The highest BCUT2D eigenvalue weighted by molar-refractivity contribution is 5.97. The lowest BCUT2D eigenvalue weighted by atomic mass is 10.1. The van der Waals surface area contributed by atoms with Crippen LogP contribution < -0.4 is 10.1 Å². The summed E-state index contributed by atoms with van der Waals surface area (Å²) in [6.07, 6.45) is 0.941. The molecule has 0 bridgehead atoms. The Kier molecular flexibility index (Phi) is 6.82. The summed E-state index contributed by atoms with van der Waals surface area (Å²) >= 11 is 0. The Morgan fingerprint density at radius 3 is 2.74 bits per heavy atom. The van der Waals surface area contributed by atoms with Gasteiger partial charge in [-0.2, -0.15) is 0 Å². The Labute approximate surface area is 160 Å². The smallest absolute Gasteiger partial charge is 0.265 e. The maximum atomic E-state index is 12.0. The summed E-state index contributed by atoms with van der Waals surface area (Å²) in [6, 6.07) is 5.97. The van der Waals surface area contributed by atoms with E-state index in [1.165, 1.54) is 0 Å². The number of Topliss-reactive ketones (excluding diaryl/α,β-unsaturated/α-hetero) is 1. The number of nitrogens with zero attached hydrogens (tertiary/aromatic N) is 2. The minimum Gasteiger partial charge on any atom is -0.479 e. The van der Waals surface area contributed by atoms with E-state index in [0.717, 1.165) is 56.1 Å². The Morgan fingerprint density at radius 1 is 1.26 bits per heavy atom. The molecule has 2 heterocycles. The summed E-state index contributed by atoms with van der Waals surface area (Å²) in [7, 11) is 1.66. The van der Waals surface area contributed by atoms with Gasteiger partial charge in [0.05, 0.1) is 12.2 Å². The second kappa shape index (κ2) is 9.30. The molecule has 148 valence electrons. The highest BCUT2D eigenvalue weighted by atomic mass is 16.5. The van der Waals surface area contributed by atoms with Gasteiger partial charge in [-0.15, -0.1) is 0 Å². The molecular weight excluding hydrogens is 346 g/mol. The number of ether oxygens (including phenoxy) is 2. The van der Waals surface area contributed by atoms with Crippen LogP contribution in [0.5, 0.6) is 5.75 Å². The van der Waals surface area contributed by atoms with Crippen molar-refractivity contribution in [2.24, 2.45) is 0 Å². The van der Waals surface area contributed by atoms with E-state index in [9.17, 15) is 9.59 Å². The van der Waals surface area contributed by atoms with Crippen molar-refractivity contribution in [3.8, 4) is 5.75 Å². The summed E-state index contributed by atoms with van der Waals surface area (Å²) in [4.78, 5) is 28.4. The standard InChI is InChI=1S/C20H29N3O4/c1-15-20(25)21-18-12-16(5-6-19(18)27-15)13-22-7-9-23(10-8-22)14-17(24)4-3-11-26-2/h5-6,12,15H,3-4,7-11,13-14H2,1-2H3,(H,21,25). The molecule has 1 unspecified atom stereocenters. The van der Waals surface area contributed by atoms with Crippen LogP contribution in [-0.2, 0) is 20.9 Å². The molecule has 2 aliphatic heterocycles. The third kappa shape index (κ3) is 5.51. The first-order chi connectivity index (χ1) is 13.0. The number of carbonyl (C=O) groups excluding carboxylic acids is 2. The van der Waals surface area contributed by atoms with Crippen LogP contribution in [-0.4, -0.2) is 74.0 Å². The van der Waals surface area contributed by atoms with Gasteiger partial charge in [-0.25, -0.2) is 0 Å². The van der Waals surface area contributed by atoms with Crippen LogP contribution in [0.25, 0.3) is 0 Å². The van der Waals surface area contributed by atoms with Crippen LogP contribution in [0.1, 0.15) is 25.3 Å². The van der Waals surface area contributed by atoms with Crippen LogP contribution in [0.2, 0.25) is 0 Å². The first kappa shape index (κ1) is 19.8. The fourth-order valence-corrected chi connectivity index (χ4v) is 3.46. The first-order valence-corrected chi connectivity index (χ1v) is 9.61. The second-order valence-electron chi connectivity index (χ2n) is 7.27. The number of hydrogen-bond acceptors (Lipinski definition) is 6. The summed E-state index contributed by atoms with van der Waals surface area (Å²) < 4.78 is 10.6. The van der Waals surface area contributed by atoms with Crippen molar-refractivity contribution in [2.75, 3.05) is 51.8 Å². The molecule has 0 aromatic heterocycles. The third-order valence-corrected chi connectivity index (χ3v) is 5.05. The van der Waals surface area contributed by atoms with Gasteiger partial charge in [0, 0.05) is 52.9 Å². The van der Waals surface area contributed by atoms with Crippen molar-refractivity contribution in [2.45, 2.75) is 32.4 Å². The molecule has 1 saturated heterocycles. The number of carbonyl (C=O) groups is 2. The third-order valence-electron chi connectivity index (χ3n) is 5.05. The molecule has 2 aliphatic rings. The minimum atomic E-state index is -0.450. The van der Waals surface area contributed by atoms with E-state index in [2.05, 4.69) is 21.2 Å². The van der Waals surface area contributed by atoms with E-state index in [4.69, 9.17) is 9.47 Å². The largest absolute Gasteiger partial charge is 0.479 e. The lowest BCUT2D eigenvalue weighted by Gasteiger charge is -2.34. The average molecular weight is 375 g/mol. The minimum absolute atomic E-state index is 0.108. The highest BCUT2D eigenvalue weighted by Crippen LogP contribution is 2.30. The molecule has 0 saturated carbocycles. The number of nitrogens with one attached hydrogen (secondary N) is 1. The van der Waals surface area contributed by atoms with Crippen molar-refractivity contribution in [3.63, 3.8) is 0 Å². The predicted octanol–water partition coefficient (Wildman–Crippen LogP) is 1.52. The SMILES string of the molecule is COCCCC(=O)CN1CCN(Cc2ccc3c(c2)NC(=O)C(C)O3)CC1. The Balaban J connectivity index is 1.45. The zero-order valence-electron chi connectivity index (χ0n) is 16.2. The van der Waals surface area contributed by atoms with Crippen LogP contribution in [0.4, 0.5) is 5.69 Å². The molecule has 1 aromatic carbocycles. The predicted molar refractivity (Wildman–Crippen MR) is 103 cm³/mol. The normalized spacial score (nSPS) is 20.7. The van der Waals surface area contributed by atoms with E-state index in [0.29, 0.717) is 25.4 Å². The first-order valence-electron chi connectivity index (χ1n) is 9.61. The van der Waals surface area contributed by atoms with Gasteiger partial charge in [-0.3, -0.25) is 19.4 Å². The summed E-state index contributed by atoms with van der Waals surface area (Å²) in [5, 5.41) is 2.90. The molecular formula is C20H29N3O4. The number of methoxy groups -OCH3 is 1. The maximum Gasteiger partial charge on any atom is 0.265 e. The average Bonchev–Trinajstić information content (AvgIpc) is 2.65. The molecule has 1 aromatic rings. The second-order valence-corrected chi connectivity index (χ2v) is 7.27. The number of ketones is 1. The van der Waals surface area contributed by atoms with Crippen molar-refractivity contribution in [1.82, 2.24) is 9.80 Å². The van der Waals surface area contributed by atoms with Crippen molar-refractivity contribution in [1.29, 1.82) is 0 Å². The Bertz CT molecular complexity index is 671. The number of benzene rings is 1. The van der Waals surface area contributed by atoms with E-state index in [-0.39, 0.29) is 5.91 Å². The number of piperazine rings is 1. The quantitative estimate of drug-likeness (QED) is 0.695. The van der Waals surface area contributed by atoms with Gasteiger partial charge in [0.1, 0.15) is 11.5 Å². The zero-order valence-corrected chi connectivity index (χ0v) is 16.2. The number of amides is 1. The van der Waals surface area contributed by atoms with Gasteiger partial charge in [0.2, 0.25) is 0 Å². The highest BCUT2D eigenvalue weighted by Gasteiger charge is 2.24. The molecule has 7 heteroatoms. The van der Waals surface area contributed by atoms with Crippen LogP contribution >= 0.6 is 0 Å². The topological polar surface area (TPSA) is 71.1 Å². The summed E-state index contributed by atoms with van der Waals surface area (Å²) in [5.41, 5.74) is 1.90. The monoisotopic (exact) mass is 375 g/mol. The van der Waals surface area contributed by atoms with Crippen LogP contribution in [0, 0.1) is 0 Å². The molecule has 3 rings (SSSR count). The number of fused-ring (bicyclic) bond motifs is 1. The summed E-state index contributed by atoms with van der Waals surface area (Å²) in [5.74, 6) is 0.909. The van der Waals surface area contributed by atoms with E-state index < -0.39 is 6.10 Å². The number of rotatable bonds is 8. The van der Waals surface area contributed by atoms with Crippen molar-refractivity contribution in [3.05, 3.63) is 23.8 Å². The van der Waals surface area contributed by atoms with Crippen molar-refractivity contribution < 1.29 is 19.1 Å². The molecule has 1 atom stereocenters. The fraction of sp³-hybridized carbons (Fsp3) is 0.600. The van der Waals surface area contributed by atoms with Gasteiger partial charge in [0.25, 0.3) is 5.91 Å². The van der Waals surface area contributed by atoms with Crippen LogP contribution in [0.3, 0.4) is 0 Å². The maximum absolute atomic E-state index is 12.0. The molecule has 27 heavy (non-hydrogen) atoms. The molecule has 1 amide bonds. The molecule has 1 N–H and O–H groups in total. The van der Waals surface area contributed by atoms with Gasteiger partial charge in [-0.05, 0) is 31.0 Å². The van der Waals surface area contributed by atoms with E-state index in [1.54, 1.807) is 14.0 Å². The number of hydrogen-bond donors (Lipinski definition) is 1. The Hall–Kier alpha value is -1.96. The molecule has 1 fully saturated rings. The van der Waals surface area contributed by atoms with Crippen molar-refractivity contribution >= 4 is 17.4 Å². The number of anilines is 1. The lowest BCUT2D eigenvalue weighted by Crippen LogP contribution is -2.47. The van der Waals surface area contributed by atoms with E-state index in [1.807, 2.05) is 12.1 Å². The molecule has 0 spiro atoms. The molecule has 7 nitrogen and oxygen atoms in total. The van der Waals surface area contributed by atoms with Gasteiger partial charge in [0.15, 0.2) is 6.10 Å². The molecule has 0 radical (unpaired) electrons. The molecule has 0 aliphatic carbocycles. The summed E-state index contributed by atoms with van der Waals surface area (Å²) in [6.45, 7) is 7.42. The Morgan fingerprint density at radius 2 is 2.00 bits per heavy atom. The fourth-order valence-electron chi connectivity index (χ4n) is 3.46. The van der Waals surface area contributed by atoms with Gasteiger partial charge in [-0.1, -0.05) is 6.07 Å². The lowest BCUT2D eigenvalue weighted by molar-refractivity contribution is -0.123. The van der Waals surface area contributed by atoms with E-state index >= 15 is 0 Å². The zero-order chi connectivity index (χ0) is 19.2.